The average Bonchev–Trinajstić information content (AvgIpc) is 4.14. The van der Waals surface area contributed by atoms with Crippen LogP contribution in [-0.2, 0) is 23.9 Å². The fourth-order valence-electron chi connectivity index (χ4n) is 8.58. The number of hydrogen-bond donors (Lipinski definition) is 1. The van der Waals surface area contributed by atoms with Crippen molar-refractivity contribution in [3.8, 4) is 33.0 Å². The van der Waals surface area contributed by atoms with Gasteiger partial charge in [0, 0.05) is 24.8 Å². The minimum absolute atomic E-state index is 0.0303. The summed E-state index contributed by atoms with van der Waals surface area (Å²) in [5.74, 6) is -0.655. The van der Waals surface area contributed by atoms with Crippen LogP contribution in [0.1, 0.15) is 120 Å². The number of nitrogens with one attached hydrogen (secondary N) is 1. The fourth-order valence-corrected chi connectivity index (χ4v) is 9.65. The van der Waals surface area contributed by atoms with Crippen LogP contribution in [0.3, 0.4) is 0 Å². The van der Waals surface area contributed by atoms with Gasteiger partial charge in [-0.05, 0) is 95.0 Å². The Balaban J connectivity index is 0.922. The zero-order valence-corrected chi connectivity index (χ0v) is 39.0. The van der Waals surface area contributed by atoms with Gasteiger partial charge in [-0.3, -0.25) is 14.4 Å². The Morgan fingerprint density at radius 1 is 0.697 bits per heavy atom. The zero-order chi connectivity index (χ0) is 46.6. The Labute approximate surface area is 389 Å². The molecular weight excluding hydrogens is 853 g/mol. The molecule has 14 heteroatoms. The van der Waals surface area contributed by atoms with E-state index in [4.69, 9.17) is 24.0 Å². The highest BCUT2D eigenvalue weighted by atomic mass is 32.1. The van der Waals surface area contributed by atoms with Crippen molar-refractivity contribution < 1.29 is 33.2 Å². The number of alkyl carbamates (subject to hydrolysis) is 1. The molecule has 342 valence electrons. The molecule has 4 heterocycles. The molecule has 0 bridgehead atoms. The number of amides is 3. The molecule has 8 rings (SSSR count). The number of carbonyl (C=O) groups excluding carboxylic acids is 4. The van der Waals surface area contributed by atoms with Crippen molar-refractivity contribution in [2.45, 2.75) is 109 Å². The maximum Gasteiger partial charge on any atom is 0.408 e. The molecule has 3 amide bonds. The number of likely N-dealkylation sites (tertiary alicyclic amines) is 2. The molecule has 1 N–H and O–H groups in total. The number of carbonyl (C=O) groups is 4. The SMILES string of the molecule is CC(C)(C)OC(=O)C[C@@H](C(=O)N1CCC[C@H]1c1ncc(-c2ccc(-c3ccc(-c4noc([C@@H]5CCCN5C(=O)[C@H](NC(=O)OC(C)(C)C)c5ccccc5)n4)cc3)cc2)s1)c1ccccc1. The first kappa shape index (κ1) is 45.9. The van der Waals surface area contributed by atoms with Crippen molar-refractivity contribution in [2.24, 2.45) is 0 Å². The zero-order valence-electron chi connectivity index (χ0n) is 38.2. The summed E-state index contributed by atoms with van der Waals surface area (Å²) in [6.45, 7) is 11.9. The first-order valence-corrected chi connectivity index (χ1v) is 23.3. The number of esters is 1. The third-order valence-corrected chi connectivity index (χ3v) is 12.7. The van der Waals surface area contributed by atoms with E-state index in [9.17, 15) is 19.2 Å². The van der Waals surface area contributed by atoms with E-state index in [2.05, 4.69) is 34.7 Å². The molecule has 0 aliphatic carbocycles. The second kappa shape index (κ2) is 19.4. The Hall–Kier alpha value is -6.67. The smallest absolute Gasteiger partial charge is 0.408 e. The summed E-state index contributed by atoms with van der Waals surface area (Å²) in [5, 5.41) is 7.96. The topological polar surface area (TPSA) is 157 Å². The van der Waals surface area contributed by atoms with Crippen LogP contribution in [-0.4, -0.2) is 73.1 Å². The van der Waals surface area contributed by atoms with Crippen LogP contribution in [0.2, 0.25) is 0 Å². The lowest BCUT2D eigenvalue weighted by Gasteiger charge is -2.29. The number of thiazole rings is 1. The van der Waals surface area contributed by atoms with Crippen molar-refractivity contribution in [3.05, 3.63) is 137 Å². The quantitative estimate of drug-likeness (QED) is 0.117. The van der Waals surface area contributed by atoms with Crippen LogP contribution < -0.4 is 5.32 Å². The van der Waals surface area contributed by atoms with E-state index in [-0.39, 0.29) is 24.3 Å². The maximum atomic E-state index is 14.2. The van der Waals surface area contributed by atoms with Gasteiger partial charge < -0.3 is 29.1 Å². The van der Waals surface area contributed by atoms with Crippen molar-refractivity contribution in [1.29, 1.82) is 0 Å². The molecule has 2 aromatic heterocycles. The summed E-state index contributed by atoms with van der Waals surface area (Å²) in [6.07, 6.45) is 4.21. The first-order chi connectivity index (χ1) is 31.6. The van der Waals surface area contributed by atoms with E-state index in [1.165, 1.54) is 0 Å². The van der Waals surface area contributed by atoms with E-state index in [1.54, 1.807) is 49.1 Å². The van der Waals surface area contributed by atoms with Crippen molar-refractivity contribution in [3.63, 3.8) is 0 Å². The van der Waals surface area contributed by atoms with Gasteiger partial charge in [-0.25, -0.2) is 9.78 Å². The van der Waals surface area contributed by atoms with Gasteiger partial charge in [0.1, 0.15) is 28.3 Å². The minimum atomic E-state index is -0.955. The van der Waals surface area contributed by atoms with Crippen LogP contribution in [0.5, 0.6) is 0 Å². The largest absolute Gasteiger partial charge is 0.460 e. The first-order valence-electron chi connectivity index (χ1n) is 22.5. The van der Waals surface area contributed by atoms with Gasteiger partial charge in [0.25, 0.3) is 5.91 Å². The Kier molecular flexibility index (Phi) is 13.5. The van der Waals surface area contributed by atoms with Crippen LogP contribution in [0.15, 0.2) is 120 Å². The van der Waals surface area contributed by atoms with Gasteiger partial charge >= 0.3 is 12.1 Å². The van der Waals surface area contributed by atoms with Gasteiger partial charge in [-0.15, -0.1) is 11.3 Å². The molecule has 4 atom stereocenters. The van der Waals surface area contributed by atoms with Gasteiger partial charge in [-0.1, -0.05) is 114 Å². The molecule has 66 heavy (non-hydrogen) atoms. The standard InChI is InChI=1S/C52H56N6O7S/c1-51(2,3)63-43(59)31-39(35-15-9-7-10-16-35)48(60)58-30-14-20-41(58)47-53-32-42(66-47)36-25-21-33(22-26-36)34-23-27-38(28-24-34)45-55-46(65-56-45)40-19-13-29-57(40)49(61)44(37-17-11-8-12-18-37)54-50(62)64-52(4,5)6/h7-12,15-18,21-28,32,39-41,44H,13-14,19-20,29-31H2,1-6H3,(H,54,62)/t39-,40+,41+,44-/m1/s1. The summed E-state index contributed by atoms with van der Waals surface area (Å²) in [5.41, 5.74) is 3.90. The fraction of sp³-hybridized carbons (Fsp3) is 0.365. The molecule has 6 aromatic rings. The van der Waals surface area contributed by atoms with Crippen LogP contribution in [0.25, 0.3) is 33.0 Å². The second-order valence-electron chi connectivity index (χ2n) is 18.8. The van der Waals surface area contributed by atoms with Gasteiger partial charge in [0.15, 0.2) is 0 Å². The van der Waals surface area contributed by atoms with E-state index in [1.807, 2.05) is 105 Å². The summed E-state index contributed by atoms with van der Waals surface area (Å²) >= 11 is 1.59. The predicted molar refractivity (Wildman–Crippen MR) is 252 cm³/mol. The highest BCUT2D eigenvalue weighted by Crippen LogP contribution is 2.40. The van der Waals surface area contributed by atoms with E-state index < -0.39 is 41.3 Å². The van der Waals surface area contributed by atoms with Crippen molar-refractivity contribution in [1.82, 2.24) is 30.2 Å². The molecule has 2 fully saturated rings. The lowest BCUT2D eigenvalue weighted by molar-refractivity contribution is -0.157. The average molecular weight is 909 g/mol. The molecular formula is C52H56N6O7S. The number of ether oxygens (including phenoxy) is 2. The number of hydrogen-bond acceptors (Lipinski definition) is 11. The summed E-state index contributed by atoms with van der Waals surface area (Å²) in [7, 11) is 0. The highest BCUT2D eigenvalue weighted by molar-refractivity contribution is 7.15. The monoisotopic (exact) mass is 908 g/mol. The molecule has 0 saturated carbocycles. The Morgan fingerprint density at radius 3 is 1.85 bits per heavy atom. The molecule has 0 radical (unpaired) electrons. The molecule has 2 aliphatic rings. The summed E-state index contributed by atoms with van der Waals surface area (Å²) in [4.78, 5) is 68.4. The lowest BCUT2D eigenvalue weighted by Crippen LogP contribution is -2.44. The minimum Gasteiger partial charge on any atom is -0.460 e. The summed E-state index contributed by atoms with van der Waals surface area (Å²) in [6, 6.07) is 33.3. The molecule has 2 aliphatic heterocycles. The second-order valence-corrected chi connectivity index (χ2v) is 19.9. The number of aromatic nitrogens is 3. The summed E-state index contributed by atoms with van der Waals surface area (Å²) < 4.78 is 16.9. The predicted octanol–water partition coefficient (Wildman–Crippen LogP) is 10.6. The number of nitrogens with zero attached hydrogens (tertiary/aromatic N) is 5. The maximum absolute atomic E-state index is 14.2. The van der Waals surface area contributed by atoms with Crippen molar-refractivity contribution >= 4 is 35.2 Å². The Bertz CT molecular complexity index is 2450. The molecule has 13 nitrogen and oxygen atoms in total. The molecule has 4 aromatic carbocycles. The molecule has 0 unspecified atom stereocenters. The third kappa shape index (κ3) is 10.9. The number of benzene rings is 4. The van der Waals surface area contributed by atoms with Gasteiger partial charge in [0.2, 0.25) is 17.6 Å². The lowest BCUT2D eigenvalue weighted by atomic mass is 9.93. The van der Waals surface area contributed by atoms with Crippen LogP contribution >= 0.6 is 11.3 Å². The number of rotatable bonds is 12. The highest BCUT2D eigenvalue weighted by Gasteiger charge is 2.40. The van der Waals surface area contributed by atoms with E-state index in [0.717, 1.165) is 57.0 Å². The van der Waals surface area contributed by atoms with E-state index in [0.29, 0.717) is 36.8 Å². The Morgan fingerprint density at radius 2 is 1.24 bits per heavy atom. The van der Waals surface area contributed by atoms with E-state index >= 15 is 0 Å². The van der Waals surface area contributed by atoms with Gasteiger partial charge in [0.05, 0.1) is 23.3 Å². The van der Waals surface area contributed by atoms with Crippen LogP contribution in [0.4, 0.5) is 4.79 Å². The van der Waals surface area contributed by atoms with Crippen molar-refractivity contribution in [2.75, 3.05) is 13.1 Å². The van der Waals surface area contributed by atoms with Crippen LogP contribution in [0, 0.1) is 0 Å². The molecule has 0 spiro atoms. The normalized spacial score (nSPS) is 17.3. The third-order valence-electron chi connectivity index (χ3n) is 11.6. The van der Waals surface area contributed by atoms with Gasteiger partial charge in [-0.2, -0.15) is 4.98 Å². The molecule has 2 saturated heterocycles.